The number of rotatable bonds is 5. The molecule has 0 bridgehead atoms. The van der Waals surface area contributed by atoms with E-state index in [9.17, 15) is 0 Å². The second-order valence-corrected chi connectivity index (χ2v) is 11.2. The molecule has 4 heteroatoms. The van der Waals surface area contributed by atoms with Gasteiger partial charge in [-0.25, -0.2) is 4.98 Å². The monoisotopic (exact) mass is 578 g/mol. The first-order chi connectivity index (χ1) is 22.3. The van der Waals surface area contributed by atoms with Gasteiger partial charge in [-0.2, -0.15) is 0 Å². The molecular formula is C41H26N2O2. The van der Waals surface area contributed by atoms with Crippen molar-refractivity contribution in [3.05, 3.63) is 158 Å². The van der Waals surface area contributed by atoms with E-state index in [1.807, 2.05) is 36.4 Å². The first kappa shape index (κ1) is 25.4. The second-order valence-electron chi connectivity index (χ2n) is 11.2. The standard InChI is InChI=1S/C41H26N2O2/c1-3-12-28(13-4-1)33-17-9-10-18-37(33)43(31-20-19-27-11-7-8-16-30(27)23-31)32-21-22-38-34(24-32)35-25-40-36(26-39(35)44-38)42-41(45-40)29-14-5-2-6-15-29/h1-26H. The van der Waals surface area contributed by atoms with Crippen molar-refractivity contribution in [3.63, 3.8) is 0 Å². The lowest BCUT2D eigenvalue weighted by Gasteiger charge is -2.28. The Morgan fingerprint density at radius 1 is 0.444 bits per heavy atom. The van der Waals surface area contributed by atoms with E-state index in [1.54, 1.807) is 0 Å². The van der Waals surface area contributed by atoms with Crippen LogP contribution >= 0.6 is 0 Å². The Balaban J connectivity index is 1.25. The predicted octanol–water partition coefficient (Wildman–Crippen LogP) is 11.7. The summed E-state index contributed by atoms with van der Waals surface area (Å²) >= 11 is 0. The van der Waals surface area contributed by atoms with Crippen molar-refractivity contribution in [2.45, 2.75) is 0 Å². The number of furan rings is 1. The number of oxazole rings is 1. The second kappa shape index (κ2) is 10.2. The van der Waals surface area contributed by atoms with E-state index in [4.69, 9.17) is 13.8 Å². The highest BCUT2D eigenvalue weighted by molar-refractivity contribution is 6.10. The molecule has 2 aromatic heterocycles. The fourth-order valence-corrected chi connectivity index (χ4v) is 6.30. The van der Waals surface area contributed by atoms with Gasteiger partial charge in [0.25, 0.3) is 0 Å². The van der Waals surface area contributed by atoms with Crippen molar-refractivity contribution in [2.24, 2.45) is 0 Å². The van der Waals surface area contributed by atoms with Crippen LogP contribution in [0, 0.1) is 0 Å². The Morgan fingerprint density at radius 2 is 1.11 bits per heavy atom. The molecule has 0 saturated heterocycles. The maximum atomic E-state index is 6.37. The number of hydrogen-bond acceptors (Lipinski definition) is 4. The average molecular weight is 579 g/mol. The minimum absolute atomic E-state index is 0.600. The summed E-state index contributed by atoms with van der Waals surface area (Å²) in [5.41, 5.74) is 9.57. The molecule has 212 valence electrons. The number of para-hydroxylation sites is 1. The van der Waals surface area contributed by atoms with Gasteiger partial charge in [-0.15, -0.1) is 0 Å². The van der Waals surface area contributed by atoms with Gasteiger partial charge in [0, 0.05) is 39.3 Å². The van der Waals surface area contributed by atoms with Crippen molar-refractivity contribution in [1.29, 1.82) is 0 Å². The summed E-state index contributed by atoms with van der Waals surface area (Å²) in [5, 5.41) is 4.41. The van der Waals surface area contributed by atoms with E-state index in [0.717, 1.165) is 66.8 Å². The Bertz CT molecular complexity index is 2490. The van der Waals surface area contributed by atoms with E-state index in [0.29, 0.717) is 5.89 Å². The number of hydrogen-bond donors (Lipinski definition) is 0. The molecule has 9 rings (SSSR count). The SMILES string of the molecule is c1ccc(-c2nc3cc4oc5ccc(N(c6ccc7ccccc7c6)c6ccccc6-c6ccccc6)cc5c4cc3o2)cc1. The molecule has 0 aliphatic heterocycles. The molecule has 0 N–H and O–H groups in total. The summed E-state index contributed by atoms with van der Waals surface area (Å²) in [7, 11) is 0. The van der Waals surface area contributed by atoms with Crippen LogP contribution in [0.3, 0.4) is 0 Å². The quantitative estimate of drug-likeness (QED) is 0.204. The lowest BCUT2D eigenvalue weighted by Crippen LogP contribution is -2.11. The van der Waals surface area contributed by atoms with Crippen LogP contribution in [0.15, 0.2) is 167 Å². The summed E-state index contributed by atoms with van der Waals surface area (Å²) in [6.45, 7) is 0. The molecular weight excluding hydrogens is 552 g/mol. The van der Waals surface area contributed by atoms with Crippen molar-refractivity contribution in [3.8, 4) is 22.6 Å². The molecule has 0 spiro atoms. The lowest BCUT2D eigenvalue weighted by atomic mass is 10.0. The molecule has 9 aromatic rings. The highest BCUT2D eigenvalue weighted by atomic mass is 16.4. The van der Waals surface area contributed by atoms with Gasteiger partial charge >= 0.3 is 0 Å². The molecule has 0 amide bonds. The fourth-order valence-electron chi connectivity index (χ4n) is 6.30. The third-order valence-electron chi connectivity index (χ3n) is 8.46. The van der Waals surface area contributed by atoms with Crippen molar-refractivity contribution < 1.29 is 8.83 Å². The van der Waals surface area contributed by atoms with Gasteiger partial charge in [0.15, 0.2) is 5.58 Å². The van der Waals surface area contributed by atoms with E-state index >= 15 is 0 Å². The molecule has 2 heterocycles. The first-order valence-electron chi connectivity index (χ1n) is 15.0. The summed E-state index contributed by atoms with van der Waals surface area (Å²) < 4.78 is 12.6. The third-order valence-corrected chi connectivity index (χ3v) is 8.46. The van der Waals surface area contributed by atoms with Gasteiger partial charge in [0.2, 0.25) is 5.89 Å². The molecule has 7 aromatic carbocycles. The van der Waals surface area contributed by atoms with Crippen LogP contribution < -0.4 is 4.90 Å². The van der Waals surface area contributed by atoms with Crippen LogP contribution in [0.2, 0.25) is 0 Å². The average Bonchev–Trinajstić information content (AvgIpc) is 3.68. The van der Waals surface area contributed by atoms with Gasteiger partial charge in [-0.3, -0.25) is 0 Å². The van der Waals surface area contributed by atoms with Crippen LogP contribution in [0.5, 0.6) is 0 Å². The van der Waals surface area contributed by atoms with Crippen molar-refractivity contribution >= 4 is 60.9 Å². The van der Waals surface area contributed by atoms with Crippen LogP contribution in [0.4, 0.5) is 17.1 Å². The zero-order chi connectivity index (χ0) is 29.7. The van der Waals surface area contributed by atoms with Crippen LogP contribution in [0.25, 0.3) is 66.4 Å². The Morgan fingerprint density at radius 3 is 1.96 bits per heavy atom. The summed E-state index contributed by atoms with van der Waals surface area (Å²) in [6, 6.07) is 54.7. The van der Waals surface area contributed by atoms with E-state index < -0.39 is 0 Å². The minimum Gasteiger partial charge on any atom is -0.456 e. The molecule has 0 aliphatic carbocycles. The van der Waals surface area contributed by atoms with E-state index in [2.05, 4.69) is 126 Å². The molecule has 45 heavy (non-hydrogen) atoms. The molecule has 0 saturated carbocycles. The Labute approximate surface area is 259 Å². The molecule has 4 nitrogen and oxygen atoms in total. The molecule has 0 radical (unpaired) electrons. The lowest BCUT2D eigenvalue weighted by molar-refractivity contribution is 0.620. The highest BCUT2D eigenvalue weighted by Gasteiger charge is 2.20. The number of fused-ring (bicyclic) bond motifs is 5. The zero-order valence-corrected chi connectivity index (χ0v) is 24.2. The Kier molecular flexibility index (Phi) is 5.78. The van der Waals surface area contributed by atoms with Crippen molar-refractivity contribution in [2.75, 3.05) is 4.90 Å². The molecule has 0 aliphatic rings. The first-order valence-corrected chi connectivity index (χ1v) is 15.0. The van der Waals surface area contributed by atoms with Crippen LogP contribution in [0.1, 0.15) is 0 Å². The molecule has 0 atom stereocenters. The largest absolute Gasteiger partial charge is 0.456 e. The fraction of sp³-hybridized carbons (Fsp3) is 0. The third kappa shape index (κ3) is 4.35. The van der Waals surface area contributed by atoms with Crippen LogP contribution in [-0.4, -0.2) is 4.98 Å². The number of aromatic nitrogens is 1. The van der Waals surface area contributed by atoms with E-state index in [-0.39, 0.29) is 0 Å². The van der Waals surface area contributed by atoms with Crippen LogP contribution in [-0.2, 0) is 0 Å². The topological polar surface area (TPSA) is 42.4 Å². The summed E-state index contributed by atoms with van der Waals surface area (Å²) in [4.78, 5) is 7.10. The van der Waals surface area contributed by atoms with Gasteiger partial charge in [0.1, 0.15) is 16.7 Å². The number of nitrogens with zero attached hydrogens (tertiary/aromatic N) is 2. The number of anilines is 3. The normalized spacial score (nSPS) is 11.6. The molecule has 0 unspecified atom stereocenters. The van der Waals surface area contributed by atoms with Gasteiger partial charge in [-0.05, 0) is 70.9 Å². The predicted molar refractivity (Wildman–Crippen MR) is 184 cm³/mol. The maximum absolute atomic E-state index is 6.37. The smallest absolute Gasteiger partial charge is 0.227 e. The number of benzene rings is 7. The van der Waals surface area contributed by atoms with Gasteiger partial charge < -0.3 is 13.7 Å². The minimum atomic E-state index is 0.600. The van der Waals surface area contributed by atoms with E-state index in [1.165, 1.54) is 10.8 Å². The summed E-state index contributed by atoms with van der Waals surface area (Å²) in [5.74, 6) is 0.600. The summed E-state index contributed by atoms with van der Waals surface area (Å²) in [6.07, 6.45) is 0. The van der Waals surface area contributed by atoms with Gasteiger partial charge in [-0.1, -0.05) is 97.1 Å². The Hall–Kier alpha value is -6.13. The maximum Gasteiger partial charge on any atom is 0.227 e. The zero-order valence-electron chi connectivity index (χ0n) is 24.2. The van der Waals surface area contributed by atoms with Gasteiger partial charge in [0.05, 0.1) is 5.69 Å². The highest BCUT2D eigenvalue weighted by Crippen LogP contribution is 2.43. The molecule has 0 fully saturated rings. The van der Waals surface area contributed by atoms with Crippen molar-refractivity contribution in [1.82, 2.24) is 4.98 Å².